The number of hydrazine groups is 1. The van der Waals surface area contributed by atoms with Crippen LogP contribution in [0.25, 0.3) is 0 Å². The van der Waals surface area contributed by atoms with Crippen molar-refractivity contribution in [3.05, 3.63) is 30.1 Å². The molecule has 5 nitrogen and oxygen atoms in total. The Hall–Kier alpha value is -1.46. The van der Waals surface area contributed by atoms with E-state index >= 15 is 0 Å². The molecule has 14 heavy (non-hydrogen) atoms. The molecule has 5 heteroatoms. The Morgan fingerprint density at radius 1 is 1.57 bits per heavy atom. The lowest BCUT2D eigenvalue weighted by molar-refractivity contribution is -0.141. The van der Waals surface area contributed by atoms with E-state index < -0.39 is 11.9 Å². The number of hydrogen-bond acceptors (Lipinski definition) is 4. The first-order valence-corrected chi connectivity index (χ1v) is 4.41. The topological polar surface area (TPSA) is 74.2 Å². The Balaban J connectivity index is 2.22. The number of carboxylic acids is 1. The maximum Gasteiger partial charge on any atom is 0.309 e. The maximum atomic E-state index is 10.9. The van der Waals surface area contributed by atoms with Gasteiger partial charge in [0.1, 0.15) is 0 Å². The van der Waals surface area contributed by atoms with Gasteiger partial charge in [-0.15, -0.1) is 0 Å². The molecule has 1 aliphatic rings. The second kappa shape index (κ2) is 3.73. The fourth-order valence-electron chi connectivity index (χ4n) is 1.57. The van der Waals surface area contributed by atoms with Crippen molar-refractivity contribution in [2.75, 3.05) is 6.54 Å². The summed E-state index contributed by atoms with van der Waals surface area (Å²) in [6.07, 6.45) is 1.66. The van der Waals surface area contributed by atoms with Gasteiger partial charge in [-0.05, 0) is 12.1 Å². The zero-order chi connectivity index (χ0) is 9.97. The highest BCUT2D eigenvalue weighted by Gasteiger charge is 2.34. The first-order chi connectivity index (χ1) is 6.79. The molecule has 74 valence electrons. The van der Waals surface area contributed by atoms with Gasteiger partial charge in [0.25, 0.3) is 0 Å². The first kappa shape index (κ1) is 9.11. The predicted molar refractivity (Wildman–Crippen MR) is 49.2 cm³/mol. The number of carboxylic acid groups (broad SMARTS) is 1. The molecule has 1 aromatic rings. The molecule has 2 heterocycles. The van der Waals surface area contributed by atoms with Gasteiger partial charge in [0.2, 0.25) is 0 Å². The third-order valence-electron chi connectivity index (χ3n) is 2.31. The molecule has 0 saturated carbocycles. The number of rotatable bonds is 2. The fraction of sp³-hybridized carbons (Fsp3) is 0.333. The van der Waals surface area contributed by atoms with Crippen molar-refractivity contribution in [3.63, 3.8) is 0 Å². The van der Waals surface area contributed by atoms with Gasteiger partial charge in [0.15, 0.2) is 0 Å². The SMILES string of the molecule is O=C(O)C1CNNC1c1ccccn1. The largest absolute Gasteiger partial charge is 0.481 e. The highest BCUT2D eigenvalue weighted by atomic mass is 16.4. The summed E-state index contributed by atoms with van der Waals surface area (Å²) in [6, 6.07) is 5.23. The van der Waals surface area contributed by atoms with Crippen LogP contribution in [0.2, 0.25) is 0 Å². The number of hydrogen-bond donors (Lipinski definition) is 3. The minimum Gasteiger partial charge on any atom is -0.481 e. The number of aromatic nitrogens is 1. The second-order valence-corrected chi connectivity index (χ2v) is 3.20. The van der Waals surface area contributed by atoms with Crippen molar-refractivity contribution < 1.29 is 9.90 Å². The van der Waals surface area contributed by atoms with Gasteiger partial charge in [-0.1, -0.05) is 6.07 Å². The Bertz CT molecular complexity index is 328. The van der Waals surface area contributed by atoms with E-state index in [4.69, 9.17) is 5.11 Å². The van der Waals surface area contributed by atoms with Gasteiger partial charge in [0.05, 0.1) is 17.7 Å². The van der Waals surface area contributed by atoms with Gasteiger partial charge in [-0.3, -0.25) is 15.2 Å². The second-order valence-electron chi connectivity index (χ2n) is 3.20. The smallest absolute Gasteiger partial charge is 0.309 e. The van der Waals surface area contributed by atoms with E-state index in [1.165, 1.54) is 0 Å². The van der Waals surface area contributed by atoms with Gasteiger partial charge < -0.3 is 5.11 Å². The van der Waals surface area contributed by atoms with E-state index in [9.17, 15) is 4.79 Å². The predicted octanol–water partition coefficient (Wildman–Crippen LogP) is -0.0687. The molecule has 2 rings (SSSR count). The molecule has 0 aromatic carbocycles. The fourth-order valence-corrected chi connectivity index (χ4v) is 1.57. The van der Waals surface area contributed by atoms with Crippen LogP contribution in [0.3, 0.4) is 0 Å². The maximum absolute atomic E-state index is 10.9. The van der Waals surface area contributed by atoms with E-state index in [0.29, 0.717) is 6.54 Å². The Morgan fingerprint density at radius 3 is 3.07 bits per heavy atom. The molecule has 0 radical (unpaired) electrons. The normalized spacial score (nSPS) is 26.3. The molecule has 3 N–H and O–H groups in total. The van der Waals surface area contributed by atoms with Crippen LogP contribution in [-0.2, 0) is 4.79 Å². The van der Waals surface area contributed by atoms with Crippen molar-refractivity contribution in [3.8, 4) is 0 Å². The van der Waals surface area contributed by atoms with E-state index in [1.54, 1.807) is 6.20 Å². The lowest BCUT2D eigenvalue weighted by Crippen LogP contribution is -2.26. The average molecular weight is 193 g/mol. The van der Waals surface area contributed by atoms with Crippen molar-refractivity contribution in [1.82, 2.24) is 15.8 Å². The van der Waals surface area contributed by atoms with Gasteiger partial charge >= 0.3 is 5.97 Å². The molecule has 0 amide bonds. The summed E-state index contributed by atoms with van der Waals surface area (Å²) in [6.45, 7) is 0.427. The van der Waals surface area contributed by atoms with Crippen LogP contribution >= 0.6 is 0 Å². The van der Waals surface area contributed by atoms with Crippen LogP contribution in [0.5, 0.6) is 0 Å². The van der Waals surface area contributed by atoms with Crippen LogP contribution in [0.4, 0.5) is 0 Å². The molecule has 1 aromatic heterocycles. The molecule has 2 atom stereocenters. The quantitative estimate of drug-likeness (QED) is 0.613. The van der Waals surface area contributed by atoms with E-state index in [0.717, 1.165) is 5.69 Å². The molecule has 1 aliphatic heterocycles. The van der Waals surface area contributed by atoms with E-state index in [2.05, 4.69) is 15.8 Å². The number of aliphatic carboxylic acids is 1. The summed E-state index contributed by atoms with van der Waals surface area (Å²) in [5, 5.41) is 8.94. The minimum absolute atomic E-state index is 0.242. The zero-order valence-electron chi connectivity index (χ0n) is 7.47. The van der Waals surface area contributed by atoms with Gasteiger partial charge in [-0.2, -0.15) is 0 Å². The minimum atomic E-state index is -0.807. The van der Waals surface area contributed by atoms with Crippen LogP contribution in [0.15, 0.2) is 24.4 Å². The van der Waals surface area contributed by atoms with Crippen molar-refractivity contribution in [1.29, 1.82) is 0 Å². The highest BCUT2D eigenvalue weighted by molar-refractivity contribution is 5.71. The molecular formula is C9H11N3O2. The number of nitrogens with zero attached hydrogens (tertiary/aromatic N) is 1. The van der Waals surface area contributed by atoms with Gasteiger partial charge in [-0.25, -0.2) is 5.43 Å². The van der Waals surface area contributed by atoms with Gasteiger partial charge in [0, 0.05) is 12.7 Å². The Labute approximate surface area is 81.1 Å². The molecule has 1 fully saturated rings. The summed E-state index contributed by atoms with van der Waals surface area (Å²) < 4.78 is 0. The summed E-state index contributed by atoms with van der Waals surface area (Å²) in [7, 11) is 0. The van der Waals surface area contributed by atoms with Crippen molar-refractivity contribution >= 4 is 5.97 Å². The summed E-state index contributed by atoms with van der Waals surface area (Å²) >= 11 is 0. The third-order valence-corrected chi connectivity index (χ3v) is 2.31. The summed E-state index contributed by atoms with van der Waals surface area (Å²) in [4.78, 5) is 15.0. The molecule has 0 aliphatic carbocycles. The Morgan fingerprint density at radius 2 is 2.43 bits per heavy atom. The lowest BCUT2D eigenvalue weighted by atomic mass is 9.99. The molecule has 2 unspecified atom stereocenters. The highest BCUT2D eigenvalue weighted by Crippen LogP contribution is 2.22. The average Bonchev–Trinajstić information content (AvgIpc) is 2.67. The summed E-state index contributed by atoms with van der Waals surface area (Å²) in [5.74, 6) is -1.26. The standard InChI is InChI=1S/C9H11N3O2/c13-9(14)6-5-11-12-8(6)7-3-1-2-4-10-7/h1-4,6,8,11-12H,5H2,(H,13,14). The monoisotopic (exact) mass is 193 g/mol. The Kier molecular flexibility index (Phi) is 2.43. The number of pyridine rings is 1. The zero-order valence-corrected chi connectivity index (χ0v) is 7.47. The van der Waals surface area contributed by atoms with Crippen LogP contribution < -0.4 is 10.9 Å². The molecule has 0 bridgehead atoms. The number of carbonyl (C=O) groups is 1. The molecule has 0 spiro atoms. The molecular weight excluding hydrogens is 182 g/mol. The summed E-state index contributed by atoms with van der Waals surface area (Å²) in [5.41, 5.74) is 6.50. The molecule has 1 saturated heterocycles. The van der Waals surface area contributed by atoms with Crippen LogP contribution in [0.1, 0.15) is 11.7 Å². The first-order valence-electron chi connectivity index (χ1n) is 4.41. The number of nitrogens with one attached hydrogen (secondary N) is 2. The lowest BCUT2D eigenvalue weighted by Gasteiger charge is -2.13. The third kappa shape index (κ3) is 1.59. The van der Waals surface area contributed by atoms with Crippen molar-refractivity contribution in [2.45, 2.75) is 6.04 Å². The van der Waals surface area contributed by atoms with Crippen molar-refractivity contribution in [2.24, 2.45) is 5.92 Å². The van der Waals surface area contributed by atoms with Crippen LogP contribution in [-0.4, -0.2) is 22.6 Å². The van der Waals surface area contributed by atoms with Crippen LogP contribution in [0, 0.1) is 5.92 Å². The van der Waals surface area contributed by atoms with E-state index in [-0.39, 0.29) is 6.04 Å². The van der Waals surface area contributed by atoms with E-state index in [1.807, 2.05) is 18.2 Å².